The minimum absolute atomic E-state index is 0.00973. The van der Waals surface area contributed by atoms with Crippen molar-refractivity contribution >= 4 is 34.6 Å². The summed E-state index contributed by atoms with van der Waals surface area (Å²) in [5, 5.41) is 14.6. The van der Waals surface area contributed by atoms with Crippen molar-refractivity contribution in [3.05, 3.63) is 117 Å². The first-order valence-corrected chi connectivity index (χ1v) is 10.8. The van der Waals surface area contributed by atoms with Crippen LogP contribution in [0.4, 0.5) is 14.9 Å². The molecule has 1 aliphatic heterocycles. The van der Waals surface area contributed by atoms with E-state index in [1.54, 1.807) is 30.3 Å². The number of urea groups is 1. The zero-order valence-corrected chi connectivity index (χ0v) is 18.3. The van der Waals surface area contributed by atoms with Crippen LogP contribution in [0.3, 0.4) is 0 Å². The lowest BCUT2D eigenvalue weighted by Gasteiger charge is -2.12. The molecule has 4 aromatic rings. The Hall–Kier alpha value is -4.79. The first kappa shape index (κ1) is 22.0. The van der Waals surface area contributed by atoms with Crippen molar-refractivity contribution in [2.45, 2.75) is 13.1 Å². The molecule has 1 aliphatic rings. The van der Waals surface area contributed by atoms with E-state index in [9.17, 15) is 24.1 Å². The van der Waals surface area contributed by atoms with Crippen molar-refractivity contribution in [2.24, 2.45) is 0 Å². The third-order valence-corrected chi connectivity index (χ3v) is 5.84. The van der Waals surface area contributed by atoms with Crippen molar-refractivity contribution in [3.8, 4) is 0 Å². The Kier molecular flexibility index (Phi) is 5.58. The second-order valence-electron chi connectivity index (χ2n) is 8.13. The van der Waals surface area contributed by atoms with Gasteiger partial charge in [0.2, 0.25) is 0 Å². The molecule has 2 heterocycles. The summed E-state index contributed by atoms with van der Waals surface area (Å²) in [5.41, 5.74) is 2.65. The van der Waals surface area contributed by atoms with Gasteiger partial charge in [0.05, 0.1) is 11.5 Å². The summed E-state index contributed by atoms with van der Waals surface area (Å²) in [6.07, 6.45) is 3.42. The molecule has 0 saturated carbocycles. The summed E-state index contributed by atoms with van der Waals surface area (Å²) in [7, 11) is 0. The van der Waals surface area contributed by atoms with E-state index in [0.29, 0.717) is 12.1 Å². The summed E-state index contributed by atoms with van der Waals surface area (Å²) in [6, 6.07) is 19.3. The van der Waals surface area contributed by atoms with Crippen LogP contribution in [0.2, 0.25) is 0 Å². The average Bonchev–Trinajstić information content (AvgIpc) is 3.32. The van der Waals surface area contributed by atoms with E-state index in [2.05, 4.69) is 5.32 Å². The largest absolute Gasteiger partial charge is 0.342 e. The van der Waals surface area contributed by atoms with Crippen molar-refractivity contribution in [2.75, 3.05) is 0 Å². The van der Waals surface area contributed by atoms with Crippen LogP contribution in [0.25, 0.3) is 17.0 Å². The molecule has 3 aromatic carbocycles. The number of amides is 3. The molecule has 35 heavy (non-hydrogen) atoms. The fourth-order valence-electron chi connectivity index (χ4n) is 4.15. The summed E-state index contributed by atoms with van der Waals surface area (Å²) >= 11 is 0. The van der Waals surface area contributed by atoms with E-state index >= 15 is 0 Å². The van der Waals surface area contributed by atoms with Gasteiger partial charge in [-0.25, -0.2) is 9.18 Å². The van der Waals surface area contributed by atoms with Gasteiger partial charge in [0, 0.05) is 46.9 Å². The van der Waals surface area contributed by atoms with Crippen LogP contribution in [0.5, 0.6) is 0 Å². The molecule has 174 valence electrons. The summed E-state index contributed by atoms with van der Waals surface area (Å²) < 4.78 is 16.0. The Labute approximate surface area is 199 Å². The number of nitro groups is 1. The smallest absolute Gasteiger partial charge is 0.329 e. The lowest BCUT2D eigenvalue weighted by atomic mass is 10.1. The standard InChI is InChI=1S/C26H19FN4O4/c27-22-10-3-1-7-18(22)16-30-25(32)23(28-26(30)33)13-19-15-29(24-11-4-2-9-21(19)24)14-17-6-5-8-20(12-17)31(34)35/h1-13,15H,14,16H2,(H,28,33)/b23-13+. The van der Waals surface area contributed by atoms with E-state index in [0.717, 1.165) is 21.4 Å². The molecule has 1 N–H and O–H groups in total. The second kappa shape index (κ2) is 8.86. The number of hydrogen-bond acceptors (Lipinski definition) is 4. The zero-order chi connectivity index (χ0) is 24.5. The Morgan fingerprint density at radius 2 is 1.74 bits per heavy atom. The van der Waals surface area contributed by atoms with Gasteiger partial charge in [0.25, 0.3) is 11.6 Å². The highest BCUT2D eigenvalue weighted by molar-refractivity contribution is 6.14. The van der Waals surface area contributed by atoms with Crippen LogP contribution < -0.4 is 5.32 Å². The zero-order valence-electron chi connectivity index (χ0n) is 18.3. The van der Waals surface area contributed by atoms with Gasteiger partial charge in [0.15, 0.2) is 0 Å². The molecule has 0 radical (unpaired) electrons. The lowest BCUT2D eigenvalue weighted by Crippen LogP contribution is -2.30. The fourth-order valence-corrected chi connectivity index (χ4v) is 4.15. The van der Waals surface area contributed by atoms with Gasteiger partial charge >= 0.3 is 6.03 Å². The Morgan fingerprint density at radius 3 is 2.54 bits per heavy atom. The number of rotatable bonds is 6. The first-order chi connectivity index (χ1) is 16.9. The predicted molar refractivity (Wildman–Crippen MR) is 128 cm³/mol. The van der Waals surface area contributed by atoms with E-state index in [1.165, 1.54) is 24.3 Å². The summed E-state index contributed by atoms with van der Waals surface area (Å²) in [4.78, 5) is 37.1. The van der Waals surface area contributed by atoms with E-state index in [1.807, 2.05) is 35.0 Å². The van der Waals surface area contributed by atoms with Crippen LogP contribution in [-0.4, -0.2) is 26.3 Å². The van der Waals surface area contributed by atoms with Crippen molar-refractivity contribution < 1.29 is 18.9 Å². The number of nitrogens with zero attached hydrogens (tertiary/aromatic N) is 3. The number of aromatic nitrogens is 1. The third kappa shape index (κ3) is 4.26. The van der Waals surface area contributed by atoms with Crippen LogP contribution in [0, 0.1) is 15.9 Å². The summed E-state index contributed by atoms with van der Waals surface area (Å²) in [5.74, 6) is -1.04. The molecule has 5 rings (SSSR count). The highest BCUT2D eigenvalue weighted by Crippen LogP contribution is 2.26. The van der Waals surface area contributed by atoms with E-state index in [4.69, 9.17) is 0 Å². The SMILES string of the molecule is O=C1N/C(=C/c2cn(Cc3cccc([N+](=O)[O-])c3)c3ccccc23)C(=O)N1Cc1ccccc1F. The van der Waals surface area contributed by atoms with Gasteiger partial charge in [-0.1, -0.05) is 48.5 Å². The van der Waals surface area contributed by atoms with Gasteiger partial charge in [-0.2, -0.15) is 0 Å². The van der Waals surface area contributed by atoms with E-state index in [-0.39, 0.29) is 23.5 Å². The molecular formula is C26H19FN4O4. The Balaban J connectivity index is 1.47. The van der Waals surface area contributed by atoms with Crippen LogP contribution >= 0.6 is 0 Å². The predicted octanol–water partition coefficient (Wildman–Crippen LogP) is 4.83. The Bertz CT molecular complexity index is 1520. The number of nitro benzene ring substituents is 1. The van der Waals surface area contributed by atoms with Crippen molar-refractivity contribution in [3.63, 3.8) is 0 Å². The molecule has 0 spiro atoms. The second-order valence-corrected chi connectivity index (χ2v) is 8.13. The molecule has 0 unspecified atom stereocenters. The molecule has 3 amide bonds. The fraction of sp³-hybridized carbons (Fsp3) is 0.0769. The quantitative estimate of drug-likeness (QED) is 0.189. The number of imide groups is 1. The third-order valence-electron chi connectivity index (χ3n) is 5.84. The molecule has 0 atom stereocenters. The van der Waals surface area contributed by atoms with Gasteiger partial charge in [-0.15, -0.1) is 0 Å². The van der Waals surface area contributed by atoms with Gasteiger partial charge in [0.1, 0.15) is 11.5 Å². The maximum atomic E-state index is 14.0. The lowest BCUT2D eigenvalue weighted by molar-refractivity contribution is -0.384. The average molecular weight is 470 g/mol. The molecule has 1 fully saturated rings. The molecule has 0 bridgehead atoms. The number of carbonyl (C=O) groups excluding carboxylic acids is 2. The number of halogens is 1. The molecular weight excluding hydrogens is 451 g/mol. The van der Waals surface area contributed by atoms with Crippen LogP contribution in [0.1, 0.15) is 16.7 Å². The minimum Gasteiger partial charge on any atom is -0.342 e. The number of para-hydroxylation sites is 1. The number of hydrogen-bond donors (Lipinski definition) is 1. The van der Waals surface area contributed by atoms with E-state index < -0.39 is 22.7 Å². The highest BCUT2D eigenvalue weighted by atomic mass is 19.1. The van der Waals surface area contributed by atoms with Gasteiger partial charge in [-0.3, -0.25) is 19.8 Å². The highest BCUT2D eigenvalue weighted by Gasteiger charge is 2.34. The Morgan fingerprint density at radius 1 is 0.971 bits per heavy atom. The first-order valence-electron chi connectivity index (χ1n) is 10.8. The molecule has 9 heteroatoms. The number of fused-ring (bicyclic) bond motifs is 1. The molecule has 1 saturated heterocycles. The topological polar surface area (TPSA) is 97.5 Å². The number of nitrogens with one attached hydrogen (secondary N) is 1. The molecule has 1 aromatic heterocycles. The minimum atomic E-state index is -0.621. The van der Waals surface area contributed by atoms with Crippen molar-refractivity contribution in [1.29, 1.82) is 0 Å². The number of carbonyl (C=O) groups is 2. The summed E-state index contributed by atoms with van der Waals surface area (Å²) in [6.45, 7) is 0.203. The monoisotopic (exact) mass is 470 g/mol. The molecule has 8 nitrogen and oxygen atoms in total. The number of non-ortho nitro benzene ring substituents is 1. The maximum Gasteiger partial charge on any atom is 0.329 e. The normalized spacial score (nSPS) is 14.7. The van der Waals surface area contributed by atoms with Gasteiger partial charge in [-0.05, 0) is 23.8 Å². The van der Waals surface area contributed by atoms with Crippen molar-refractivity contribution in [1.82, 2.24) is 14.8 Å². The maximum absolute atomic E-state index is 14.0. The number of benzene rings is 3. The van der Waals surface area contributed by atoms with Gasteiger partial charge < -0.3 is 9.88 Å². The molecule has 0 aliphatic carbocycles. The van der Waals surface area contributed by atoms with Crippen LogP contribution in [-0.2, 0) is 17.9 Å². The van der Waals surface area contributed by atoms with Crippen LogP contribution in [0.15, 0.2) is 84.7 Å².